The van der Waals surface area contributed by atoms with Crippen molar-refractivity contribution in [2.24, 2.45) is 17.3 Å². The van der Waals surface area contributed by atoms with Crippen LogP contribution in [0, 0.1) is 17.3 Å². The van der Waals surface area contributed by atoms with Gasteiger partial charge in [0.05, 0.1) is 24.1 Å². The molecule has 0 amide bonds. The van der Waals surface area contributed by atoms with Crippen molar-refractivity contribution in [3.8, 4) is 0 Å². The fourth-order valence-electron chi connectivity index (χ4n) is 7.25. The van der Waals surface area contributed by atoms with E-state index in [1.54, 1.807) is 0 Å². The zero-order chi connectivity index (χ0) is 31.3. The van der Waals surface area contributed by atoms with E-state index < -0.39 is 0 Å². The summed E-state index contributed by atoms with van der Waals surface area (Å²) in [7, 11) is 0. The molecule has 0 aromatic carbocycles. The van der Waals surface area contributed by atoms with E-state index in [9.17, 15) is 0 Å². The first-order chi connectivity index (χ1) is 20.2. The normalized spacial score (nSPS) is 21.6. The molecule has 1 atom stereocenters. The third-order valence-electron chi connectivity index (χ3n) is 10.1. The van der Waals surface area contributed by atoms with Crippen molar-refractivity contribution < 1.29 is 4.74 Å². The summed E-state index contributed by atoms with van der Waals surface area (Å²) in [5.41, 5.74) is 2.91. The Kier molecular flexibility index (Phi) is 12.1. The molecular weight excluding hydrogens is 532 g/mol. The number of nitrogens with zero attached hydrogens (tertiary/aromatic N) is 6. The second-order valence-electron chi connectivity index (χ2n) is 17.1. The van der Waals surface area contributed by atoms with Crippen LogP contribution >= 0.6 is 0 Å². The Balaban J connectivity index is 1.02. The summed E-state index contributed by atoms with van der Waals surface area (Å²) >= 11 is 0. The summed E-state index contributed by atoms with van der Waals surface area (Å²) in [6.07, 6.45) is 10.2. The van der Waals surface area contributed by atoms with Crippen LogP contribution in [0.1, 0.15) is 99.4 Å². The Morgan fingerprint density at radius 2 is 1.47 bits per heavy atom. The van der Waals surface area contributed by atoms with Crippen LogP contribution in [0.5, 0.6) is 0 Å². The molecule has 4 rings (SSSR count). The molecule has 1 aromatic rings. The van der Waals surface area contributed by atoms with E-state index in [1.807, 2.05) is 12.4 Å². The summed E-state index contributed by atoms with van der Waals surface area (Å²) in [6, 6.07) is 0. The maximum atomic E-state index is 6.33. The molecule has 0 radical (unpaired) electrons. The van der Waals surface area contributed by atoms with Crippen molar-refractivity contribution in [3.63, 3.8) is 0 Å². The van der Waals surface area contributed by atoms with E-state index in [4.69, 9.17) is 4.74 Å². The van der Waals surface area contributed by atoms with Gasteiger partial charge in [-0.25, -0.2) is 0 Å². The molecule has 1 aromatic heterocycles. The van der Waals surface area contributed by atoms with E-state index in [2.05, 4.69) is 91.9 Å². The Labute approximate surface area is 265 Å². The molecule has 0 saturated carbocycles. The fraction of sp³-hybridized carbons (Fsp3) is 0.889. The van der Waals surface area contributed by atoms with Crippen molar-refractivity contribution in [3.05, 3.63) is 23.8 Å². The molecule has 43 heavy (non-hydrogen) atoms. The highest BCUT2D eigenvalue weighted by Gasteiger charge is 2.34. The summed E-state index contributed by atoms with van der Waals surface area (Å²) < 4.78 is 6.33. The minimum absolute atomic E-state index is 0.0643. The molecular formula is C36H66N6O. The number of likely N-dealkylation sites (tertiary alicyclic amines) is 2. The van der Waals surface area contributed by atoms with E-state index in [0.717, 1.165) is 49.2 Å². The Hall–Kier alpha value is -1.12. The highest BCUT2D eigenvalue weighted by molar-refractivity contribution is 5.11. The van der Waals surface area contributed by atoms with Gasteiger partial charge in [-0.2, -0.15) is 0 Å². The summed E-state index contributed by atoms with van der Waals surface area (Å²) in [5, 5.41) is 0. The van der Waals surface area contributed by atoms with Crippen molar-refractivity contribution in [1.82, 2.24) is 29.6 Å². The number of ether oxygens (including phenoxy) is 1. The fourth-order valence-corrected chi connectivity index (χ4v) is 7.25. The Morgan fingerprint density at radius 3 is 2.07 bits per heavy atom. The highest BCUT2D eigenvalue weighted by Crippen LogP contribution is 2.27. The predicted octanol–water partition coefficient (Wildman–Crippen LogP) is 5.59. The lowest BCUT2D eigenvalue weighted by atomic mass is 9.90. The summed E-state index contributed by atoms with van der Waals surface area (Å²) in [6.45, 7) is 35.0. The second kappa shape index (κ2) is 15.0. The molecule has 7 heteroatoms. The van der Waals surface area contributed by atoms with Crippen molar-refractivity contribution in [2.75, 3.05) is 78.6 Å². The zero-order valence-corrected chi connectivity index (χ0v) is 29.5. The van der Waals surface area contributed by atoms with Gasteiger partial charge in [-0.1, -0.05) is 41.5 Å². The number of hydrogen-bond acceptors (Lipinski definition) is 7. The van der Waals surface area contributed by atoms with Crippen LogP contribution in [0.15, 0.2) is 12.4 Å². The predicted molar refractivity (Wildman–Crippen MR) is 180 cm³/mol. The first kappa shape index (κ1) is 34.7. The second-order valence-corrected chi connectivity index (χ2v) is 17.1. The highest BCUT2D eigenvalue weighted by atomic mass is 16.5. The van der Waals surface area contributed by atoms with Gasteiger partial charge in [0, 0.05) is 88.8 Å². The van der Waals surface area contributed by atoms with Crippen molar-refractivity contribution >= 4 is 0 Å². The van der Waals surface area contributed by atoms with Crippen molar-refractivity contribution in [2.45, 2.75) is 111 Å². The molecule has 7 nitrogen and oxygen atoms in total. The molecule has 3 fully saturated rings. The van der Waals surface area contributed by atoms with Gasteiger partial charge >= 0.3 is 0 Å². The third kappa shape index (κ3) is 11.3. The molecule has 0 aliphatic carbocycles. The van der Waals surface area contributed by atoms with Crippen LogP contribution in [-0.4, -0.2) is 120 Å². The largest absolute Gasteiger partial charge is 0.377 e. The maximum Gasteiger partial charge on any atom is 0.0640 e. The molecule has 3 aliphatic heterocycles. The van der Waals surface area contributed by atoms with Crippen LogP contribution in [0.4, 0.5) is 0 Å². The van der Waals surface area contributed by atoms with Gasteiger partial charge in [0.1, 0.15) is 0 Å². The van der Waals surface area contributed by atoms with Gasteiger partial charge in [0.2, 0.25) is 0 Å². The van der Waals surface area contributed by atoms with Gasteiger partial charge in [0.25, 0.3) is 0 Å². The molecule has 0 bridgehead atoms. The Morgan fingerprint density at radius 1 is 0.814 bits per heavy atom. The van der Waals surface area contributed by atoms with Crippen LogP contribution < -0.4 is 0 Å². The van der Waals surface area contributed by atoms with Gasteiger partial charge < -0.3 is 19.4 Å². The first-order valence-electron chi connectivity index (χ1n) is 17.5. The standard InChI is InChI=1S/C36H66N6O/c1-29(43-20-19-41-24-30(25-41)11-12-32-22-38-33(23-37-32)35(5,6)7)21-36(8,9)42-17-15-39(16-18-42)26-31-27-40(28-31)14-10-13-34(2,3)4/h22-23,29-31H,10-21,24-28H2,1-9H3/t29-/m1/s1. The lowest BCUT2D eigenvalue weighted by Crippen LogP contribution is -2.58. The number of aryl methyl sites for hydroxylation is 1. The quantitative estimate of drug-likeness (QED) is 0.261. The number of piperazine rings is 1. The number of aromatic nitrogens is 2. The molecule has 3 aliphatic rings. The Bertz CT molecular complexity index is 947. The molecule has 0 N–H and O–H groups in total. The zero-order valence-electron chi connectivity index (χ0n) is 29.5. The van der Waals surface area contributed by atoms with Crippen LogP contribution in [-0.2, 0) is 16.6 Å². The smallest absolute Gasteiger partial charge is 0.0640 e. The van der Waals surface area contributed by atoms with Crippen LogP contribution in [0.2, 0.25) is 0 Å². The number of hydrogen-bond donors (Lipinski definition) is 0. The molecule has 4 heterocycles. The van der Waals surface area contributed by atoms with Gasteiger partial charge in [0.15, 0.2) is 0 Å². The summed E-state index contributed by atoms with van der Waals surface area (Å²) in [5.74, 6) is 1.66. The molecule has 0 unspecified atom stereocenters. The van der Waals surface area contributed by atoms with Crippen LogP contribution in [0.3, 0.4) is 0 Å². The van der Waals surface area contributed by atoms with Crippen LogP contribution in [0.25, 0.3) is 0 Å². The van der Waals surface area contributed by atoms with E-state index in [1.165, 1.54) is 84.7 Å². The maximum absolute atomic E-state index is 6.33. The van der Waals surface area contributed by atoms with E-state index in [0.29, 0.717) is 11.5 Å². The van der Waals surface area contributed by atoms with E-state index in [-0.39, 0.29) is 11.0 Å². The SMILES string of the molecule is C[C@H](CC(C)(C)N1CCN(CC2CN(CCCC(C)(C)C)C2)CC1)OCCN1CC(CCc2cnc(C(C)(C)C)cn2)C1. The molecule has 0 spiro atoms. The third-order valence-corrected chi connectivity index (χ3v) is 10.1. The first-order valence-corrected chi connectivity index (χ1v) is 17.5. The molecule has 246 valence electrons. The van der Waals surface area contributed by atoms with Crippen molar-refractivity contribution in [1.29, 1.82) is 0 Å². The average molecular weight is 599 g/mol. The monoisotopic (exact) mass is 599 g/mol. The topological polar surface area (TPSA) is 48.0 Å². The number of rotatable bonds is 15. The van der Waals surface area contributed by atoms with Gasteiger partial charge in [-0.15, -0.1) is 0 Å². The van der Waals surface area contributed by atoms with E-state index >= 15 is 0 Å². The lowest BCUT2D eigenvalue weighted by molar-refractivity contribution is -0.0262. The molecule has 3 saturated heterocycles. The van der Waals surface area contributed by atoms with Gasteiger partial charge in [-0.3, -0.25) is 14.9 Å². The summed E-state index contributed by atoms with van der Waals surface area (Å²) in [4.78, 5) is 19.9. The van der Waals surface area contributed by atoms with Gasteiger partial charge in [-0.05, 0) is 76.7 Å². The average Bonchev–Trinajstić information content (AvgIpc) is 2.87. The minimum atomic E-state index is 0.0643. The minimum Gasteiger partial charge on any atom is -0.377 e. The lowest BCUT2D eigenvalue weighted by Gasteiger charge is -2.47.